The van der Waals surface area contributed by atoms with E-state index < -0.39 is 0 Å². The monoisotopic (exact) mass is 264 g/mol. The van der Waals surface area contributed by atoms with Crippen LogP contribution in [-0.2, 0) is 4.79 Å². The normalized spacial score (nSPS) is 10.1. The number of aryl methyl sites for hydroxylation is 1. The summed E-state index contributed by atoms with van der Waals surface area (Å²) in [5.41, 5.74) is 6.18. The Labute approximate surface area is 108 Å². The number of aromatic nitrogens is 2. The largest absolute Gasteiger partial charge is 0.484 e. The van der Waals surface area contributed by atoms with E-state index in [0.29, 0.717) is 22.4 Å². The topological polar surface area (TPSA) is 90.1 Å². The first kappa shape index (κ1) is 12.3. The van der Waals surface area contributed by atoms with Crippen molar-refractivity contribution in [3.8, 4) is 5.75 Å². The number of amides is 1. The minimum atomic E-state index is -0.284. The smallest absolute Gasteiger partial charge is 0.264 e. The maximum Gasteiger partial charge on any atom is 0.264 e. The first-order chi connectivity index (χ1) is 8.63. The molecule has 6 nitrogen and oxygen atoms in total. The molecule has 7 heteroatoms. The second-order valence-corrected chi connectivity index (χ2v) is 4.31. The predicted molar refractivity (Wildman–Crippen MR) is 69.6 cm³/mol. The van der Waals surface area contributed by atoms with Crippen LogP contribution in [0.5, 0.6) is 5.75 Å². The summed E-state index contributed by atoms with van der Waals surface area (Å²) in [5, 5.41) is 3.06. The molecule has 3 N–H and O–H groups in total. The van der Waals surface area contributed by atoms with Crippen molar-refractivity contribution in [3.63, 3.8) is 0 Å². The van der Waals surface area contributed by atoms with Crippen molar-refractivity contribution >= 4 is 28.3 Å². The van der Waals surface area contributed by atoms with Gasteiger partial charge in [-0.3, -0.25) is 10.1 Å². The van der Waals surface area contributed by atoms with E-state index in [1.54, 1.807) is 31.2 Å². The van der Waals surface area contributed by atoms with E-state index in [9.17, 15) is 4.79 Å². The second kappa shape index (κ2) is 5.46. The molecule has 0 aliphatic heterocycles. The van der Waals surface area contributed by atoms with Gasteiger partial charge >= 0.3 is 0 Å². The summed E-state index contributed by atoms with van der Waals surface area (Å²) in [5.74, 6) is 0.902. The molecule has 0 aliphatic carbocycles. The molecule has 1 heterocycles. The van der Waals surface area contributed by atoms with E-state index in [4.69, 9.17) is 10.5 Å². The minimum Gasteiger partial charge on any atom is -0.484 e. The molecule has 0 aliphatic rings. The summed E-state index contributed by atoms with van der Waals surface area (Å²) in [6, 6.07) is 6.90. The Hall–Kier alpha value is -2.15. The Balaban J connectivity index is 1.85. The van der Waals surface area contributed by atoms with Gasteiger partial charge in [-0.15, -0.1) is 0 Å². The van der Waals surface area contributed by atoms with Gasteiger partial charge in [-0.25, -0.2) is 4.98 Å². The van der Waals surface area contributed by atoms with Gasteiger partial charge in [-0.1, -0.05) is 6.07 Å². The van der Waals surface area contributed by atoms with Gasteiger partial charge in [0, 0.05) is 23.3 Å². The summed E-state index contributed by atoms with van der Waals surface area (Å²) in [4.78, 5) is 15.6. The molecule has 2 aromatic rings. The van der Waals surface area contributed by atoms with E-state index in [1.165, 1.54) is 0 Å². The van der Waals surface area contributed by atoms with Gasteiger partial charge in [0.2, 0.25) is 5.13 Å². The lowest BCUT2D eigenvalue weighted by Gasteiger charge is -2.05. The van der Waals surface area contributed by atoms with Crippen LogP contribution in [0.1, 0.15) is 5.82 Å². The number of carbonyl (C=O) groups excluding carboxylic acids is 1. The first-order valence-electron chi connectivity index (χ1n) is 5.22. The number of nitrogens with zero attached hydrogens (tertiary/aromatic N) is 2. The molecule has 94 valence electrons. The summed E-state index contributed by atoms with van der Waals surface area (Å²) >= 11 is 1.13. The number of nitrogens with one attached hydrogen (secondary N) is 1. The lowest BCUT2D eigenvalue weighted by atomic mass is 10.3. The van der Waals surface area contributed by atoms with Crippen LogP contribution in [0.2, 0.25) is 0 Å². The van der Waals surface area contributed by atoms with E-state index in [0.717, 1.165) is 11.5 Å². The summed E-state index contributed by atoms with van der Waals surface area (Å²) in [6.45, 7) is 1.66. The lowest BCUT2D eigenvalue weighted by Crippen LogP contribution is -2.20. The summed E-state index contributed by atoms with van der Waals surface area (Å²) in [7, 11) is 0. The molecule has 0 saturated carbocycles. The van der Waals surface area contributed by atoms with Crippen LogP contribution in [0.25, 0.3) is 0 Å². The molecule has 0 unspecified atom stereocenters. The molecule has 2 rings (SSSR count). The Bertz CT molecular complexity index is 555. The fraction of sp³-hybridized carbons (Fsp3) is 0.182. The number of hydrogen-bond acceptors (Lipinski definition) is 6. The molecule has 0 bridgehead atoms. The fourth-order valence-electron chi connectivity index (χ4n) is 1.26. The molecule has 0 radical (unpaired) electrons. The maximum absolute atomic E-state index is 11.6. The van der Waals surface area contributed by atoms with Crippen molar-refractivity contribution in [1.29, 1.82) is 0 Å². The number of hydrogen-bond donors (Lipinski definition) is 2. The van der Waals surface area contributed by atoms with E-state index in [-0.39, 0.29) is 12.5 Å². The standard InChI is InChI=1S/C11H12N4O2S/c1-7-13-11(18-15-7)14-10(16)6-17-9-4-2-3-8(12)5-9/h2-5H,6,12H2,1H3,(H,13,14,15,16). The van der Waals surface area contributed by atoms with Gasteiger partial charge in [-0.2, -0.15) is 4.37 Å². The number of benzene rings is 1. The van der Waals surface area contributed by atoms with Crippen molar-refractivity contribution in [2.75, 3.05) is 17.7 Å². The highest BCUT2D eigenvalue weighted by Gasteiger charge is 2.07. The second-order valence-electron chi connectivity index (χ2n) is 3.56. The van der Waals surface area contributed by atoms with Gasteiger partial charge in [0.1, 0.15) is 11.6 Å². The van der Waals surface area contributed by atoms with Crippen molar-refractivity contribution in [3.05, 3.63) is 30.1 Å². The quantitative estimate of drug-likeness (QED) is 0.816. The molecular weight excluding hydrogens is 252 g/mol. The van der Waals surface area contributed by atoms with Gasteiger partial charge < -0.3 is 10.5 Å². The third kappa shape index (κ3) is 3.42. The Kier molecular flexibility index (Phi) is 3.73. The number of ether oxygens (including phenoxy) is 1. The zero-order valence-corrected chi connectivity index (χ0v) is 10.5. The average molecular weight is 264 g/mol. The van der Waals surface area contributed by atoms with Gasteiger partial charge in [0.15, 0.2) is 6.61 Å². The SMILES string of the molecule is Cc1nsc(NC(=O)COc2cccc(N)c2)n1. The van der Waals surface area contributed by atoms with Crippen LogP contribution in [0.3, 0.4) is 0 Å². The van der Waals surface area contributed by atoms with Crippen molar-refractivity contribution in [2.45, 2.75) is 6.92 Å². The third-order valence-corrected chi connectivity index (χ3v) is 2.72. The van der Waals surface area contributed by atoms with E-state index >= 15 is 0 Å². The molecule has 0 spiro atoms. The molecule has 0 atom stereocenters. The molecule has 18 heavy (non-hydrogen) atoms. The van der Waals surface area contributed by atoms with Gasteiger partial charge in [-0.05, 0) is 19.1 Å². The van der Waals surface area contributed by atoms with Crippen molar-refractivity contribution in [1.82, 2.24) is 9.36 Å². The Morgan fingerprint density at radius 2 is 2.39 bits per heavy atom. The zero-order valence-electron chi connectivity index (χ0n) is 9.71. The molecular formula is C11H12N4O2S. The van der Waals surface area contributed by atoms with Crippen LogP contribution in [0.4, 0.5) is 10.8 Å². The van der Waals surface area contributed by atoms with Crippen LogP contribution in [0.15, 0.2) is 24.3 Å². The van der Waals surface area contributed by atoms with E-state index in [2.05, 4.69) is 14.7 Å². The molecule has 0 fully saturated rings. The highest BCUT2D eigenvalue weighted by molar-refractivity contribution is 7.09. The number of carbonyl (C=O) groups is 1. The summed E-state index contributed by atoms with van der Waals surface area (Å²) in [6.07, 6.45) is 0. The molecule has 1 aromatic heterocycles. The number of rotatable bonds is 4. The van der Waals surface area contributed by atoms with Crippen molar-refractivity contribution in [2.24, 2.45) is 0 Å². The van der Waals surface area contributed by atoms with Gasteiger partial charge in [0.25, 0.3) is 5.91 Å². The highest BCUT2D eigenvalue weighted by atomic mass is 32.1. The number of anilines is 2. The van der Waals surface area contributed by atoms with Crippen LogP contribution >= 0.6 is 11.5 Å². The number of nitrogens with two attached hydrogens (primary N) is 1. The first-order valence-corrected chi connectivity index (χ1v) is 5.99. The Morgan fingerprint density at radius 1 is 1.56 bits per heavy atom. The van der Waals surface area contributed by atoms with E-state index in [1.807, 2.05) is 0 Å². The maximum atomic E-state index is 11.6. The van der Waals surface area contributed by atoms with Crippen LogP contribution in [0, 0.1) is 6.92 Å². The number of nitrogen functional groups attached to an aromatic ring is 1. The average Bonchev–Trinajstić information content (AvgIpc) is 2.72. The molecule has 1 amide bonds. The highest BCUT2D eigenvalue weighted by Crippen LogP contribution is 2.14. The minimum absolute atomic E-state index is 0.0952. The van der Waals surface area contributed by atoms with Gasteiger partial charge in [0.05, 0.1) is 0 Å². The molecule has 0 saturated heterocycles. The predicted octanol–water partition coefficient (Wildman–Crippen LogP) is 1.45. The van der Waals surface area contributed by atoms with Crippen LogP contribution in [-0.4, -0.2) is 21.9 Å². The zero-order chi connectivity index (χ0) is 13.0. The van der Waals surface area contributed by atoms with Crippen molar-refractivity contribution < 1.29 is 9.53 Å². The lowest BCUT2D eigenvalue weighted by molar-refractivity contribution is -0.118. The molecule has 1 aromatic carbocycles. The summed E-state index contributed by atoms with van der Waals surface area (Å²) < 4.78 is 9.25. The third-order valence-electron chi connectivity index (χ3n) is 2.00. The Morgan fingerprint density at radius 3 is 3.06 bits per heavy atom. The van der Waals surface area contributed by atoms with Crippen LogP contribution < -0.4 is 15.8 Å². The fourth-order valence-corrected chi connectivity index (χ4v) is 1.85.